The van der Waals surface area contributed by atoms with Crippen LogP contribution in [0.5, 0.6) is 0 Å². The number of hydrogen-bond acceptors (Lipinski definition) is 1. The van der Waals surface area contributed by atoms with E-state index >= 15 is 0 Å². The van der Waals surface area contributed by atoms with Gasteiger partial charge in [0.2, 0.25) is 0 Å². The van der Waals surface area contributed by atoms with Gasteiger partial charge in [-0.05, 0) is 12.6 Å². The molecule has 10 heavy (non-hydrogen) atoms. The Balaban J connectivity index is 0.000000810. The maximum absolute atomic E-state index is 4.14. The first-order chi connectivity index (χ1) is 4.38. The summed E-state index contributed by atoms with van der Waals surface area (Å²) in [5, 5.41) is 0. The summed E-state index contributed by atoms with van der Waals surface area (Å²) in [5.74, 6) is 1.12. The molecule has 2 nitrogen and oxygen atoms in total. The smallest absolute Gasteiger partial charge is 0.472 e. The fourth-order valence-corrected chi connectivity index (χ4v) is 0.853. The number of nitrogens with zero attached hydrogens (tertiary/aromatic N) is 2. The summed E-state index contributed by atoms with van der Waals surface area (Å²) in [4.78, 5) is 4.14. The minimum atomic E-state index is 0. The molecule has 0 aliphatic carbocycles. The normalized spacial score (nSPS) is 8.60. The zero-order valence-corrected chi connectivity index (χ0v) is 11.7. The van der Waals surface area contributed by atoms with Gasteiger partial charge in [-0.15, -0.1) is 6.54 Å². The molecule has 0 spiro atoms. The van der Waals surface area contributed by atoms with Crippen LogP contribution < -0.4 is 58.2 Å². The molecule has 0 aliphatic heterocycles. The summed E-state index contributed by atoms with van der Waals surface area (Å²) in [6.45, 7) is 6.11. The molecule has 0 atom stereocenters. The van der Waals surface area contributed by atoms with Gasteiger partial charge in [0, 0.05) is 5.82 Å². The molecule has 0 aliphatic rings. The molecule has 0 aromatic carbocycles. The van der Waals surface area contributed by atoms with Crippen LogP contribution in [0.15, 0.2) is 12.4 Å². The molecular weight excluding hydrogens is 198 g/mol. The standard InChI is InChI=1S/C7H11N2.Rb/c1-3-7-8-5-6-9(7)4-2;/h4-6H,3H2,1-2H3;/q-1;+1. The summed E-state index contributed by atoms with van der Waals surface area (Å²) in [6.07, 6.45) is 4.77. The second kappa shape index (κ2) is 5.52. The number of aryl methyl sites for hydroxylation is 1. The van der Waals surface area contributed by atoms with Crippen molar-refractivity contribution in [3.05, 3.63) is 24.8 Å². The first-order valence-corrected chi connectivity index (χ1v) is 3.19. The summed E-state index contributed by atoms with van der Waals surface area (Å²) in [6, 6.07) is 0. The zero-order chi connectivity index (χ0) is 6.69. The van der Waals surface area contributed by atoms with Crippen molar-refractivity contribution in [3.8, 4) is 0 Å². The van der Waals surface area contributed by atoms with Gasteiger partial charge in [0.25, 0.3) is 0 Å². The van der Waals surface area contributed by atoms with E-state index in [9.17, 15) is 0 Å². The fraction of sp³-hybridized carbons (Fsp3) is 0.429. The average Bonchev–Trinajstić information content (AvgIpc) is 2.33. The van der Waals surface area contributed by atoms with Crippen LogP contribution in [-0.4, -0.2) is 9.55 Å². The van der Waals surface area contributed by atoms with Gasteiger partial charge in [0.05, 0.1) is 0 Å². The SMILES string of the molecule is C[CH-]n1ccnc1CC.[Rb+]. The van der Waals surface area contributed by atoms with Gasteiger partial charge in [-0.2, -0.15) is 0 Å². The Bertz CT molecular complexity index is 165. The van der Waals surface area contributed by atoms with E-state index in [1.165, 1.54) is 0 Å². The van der Waals surface area contributed by atoms with Crippen LogP contribution in [0, 0.1) is 6.54 Å². The van der Waals surface area contributed by atoms with Crippen molar-refractivity contribution >= 4 is 0 Å². The predicted octanol–water partition coefficient (Wildman–Crippen LogP) is -1.52. The van der Waals surface area contributed by atoms with Gasteiger partial charge in [-0.3, -0.25) is 0 Å². The number of aromatic nitrogens is 2. The molecule has 3 heteroatoms. The molecule has 0 unspecified atom stereocenters. The summed E-state index contributed by atoms with van der Waals surface area (Å²) >= 11 is 0. The van der Waals surface area contributed by atoms with E-state index in [0.717, 1.165) is 12.2 Å². The van der Waals surface area contributed by atoms with Gasteiger partial charge in [-0.1, -0.05) is 20.0 Å². The second-order valence-corrected chi connectivity index (χ2v) is 1.86. The zero-order valence-electron chi connectivity index (χ0n) is 6.83. The van der Waals surface area contributed by atoms with Gasteiger partial charge in [0.1, 0.15) is 0 Å². The second-order valence-electron chi connectivity index (χ2n) is 1.86. The Hall–Kier alpha value is 0.885. The van der Waals surface area contributed by atoms with Gasteiger partial charge >= 0.3 is 58.2 Å². The van der Waals surface area contributed by atoms with E-state index in [1.807, 2.05) is 30.4 Å². The molecule has 0 saturated heterocycles. The molecule has 1 aromatic heterocycles. The first kappa shape index (κ1) is 10.9. The fourth-order valence-electron chi connectivity index (χ4n) is 0.853. The maximum atomic E-state index is 4.14. The molecule has 0 N–H and O–H groups in total. The topological polar surface area (TPSA) is 17.8 Å². The molecule has 1 heterocycles. The van der Waals surface area contributed by atoms with E-state index in [1.54, 1.807) is 0 Å². The van der Waals surface area contributed by atoms with E-state index in [0.29, 0.717) is 0 Å². The van der Waals surface area contributed by atoms with Crippen LogP contribution in [0.3, 0.4) is 0 Å². The van der Waals surface area contributed by atoms with E-state index in [4.69, 9.17) is 0 Å². The van der Waals surface area contributed by atoms with Crippen molar-refractivity contribution in [1.29, 1.82) is 0 Å². The first-order valence-electron chi connectivity index (χ1n) is 3.19. The van der Waals surface area contributed by atoms with Gasteiger partial charge < -0.3 is 9.55 Å². The quantitative estimate of drug-likeness (QED) is 0.540. The Labute approximate surface area is 111 Å². The summed E-state index contributed by atoms with van der Waals surface area (Å²) in [7, 11) is 0. The van der Waals surface area contributed by atoms with Gasteiger partial charge in [-0.25, -0.2) is 0 Å². The van der Waals surface area contributed by atoms with Crippen molar-refractivity contribution in [2.75, 3.05) is 0 Å². The van der Waals surface area contributed by atoms with Crippen LogP contribution >= 0.6 is 0 Å². The summed E-state index contributed by atoms with van der Waals surface area (Å²) < 4.78 is 2.03. The maximum Gasteiger partial charge on any atom is 1.00 e. The third-order valence-corrected chi connectivity index (χ3v) is 1.34. The number of imidazole rings is 1. The predicted molar refractivity (Wildman–Crippen MR) is 37.0 cm³/mol. The molecule has 50 valence electrons. The van der Waals surface area contributed by atoms with E-state index in [-0.39, 0.29) is 58.2 Å². The Kier molecular flexibility index (Phi) is 6.01. The average molecular weight is 209 g/mol. The molecular formula is C7H11N2Rb. The van der Waals surface area contributed by atoms with Crippen LogP contribution in [0.4, 0.5) is 0 Å². The Morgan fingerprint density at radius 1 is 1.70 bits per heavy atom. The van der Waals surface area contributed by atoms with Crippen LogP contribution in [0.25, 0.3) is 0 Å². The van der Waals surface area contributed by atoms with Gasteiger partial charge in [0.15, 0.2) is 0 Å². The summed E-state index contributed by atoms with van der Waals surface area (Å²) in [5.41, 5.74) is 0. The van der Waals surface area contributed by atoms with Crippen molar-refractivity contribution in [1.82, 2.24) is 9.55 Å². The molecule has 0 fully saturated rings. The van der Waals surface area contributed by atoms with Crippen LogP contribution in [0.2, 0.25) is 0 Å². The Morgan fingerprint density at radius 2 is 2.40 bits per heavy atom. The molecule has 1 aromatic rings. The number of rotatable bonds is 2. The molecule has 0 saturated carbocycles. The minimum Gasteiger partial charge on any atom is -0.472 e. The van der Waals surface area contributed by atoms with E-state index in [2.05, 4.69) is 11.9 Å². The van der Waals surface area contributed by atoms with Crippen molar-refractivity contribution in [2.45, 2.75) is 20.3 Å². The molecule has 1 rings (SSSR count). The number of hydrogen-bond donors (Lipinski definition) is 0. The van der Waals surface area contributed by atoms with E-state index < -0.39 is 0 Å². The minimum absolute atomic E-state index is 0. The van der Waals surface area contributed by atoms with Crippen molar-refractivity contribution in [3.63, 3.8) is 0 Å². The Morgan fingerprint density at radius 3 is 2.80 bits per heavy atom. The largest absolute Gasteiger partial charge is 1.00 e. The molecule has 0 radical (unpaired) electrons. The molecule has 0 amide bonds. The third-order valence-electron chi connectivity index (χ3n) is 1.34. The van der Waals surface area contributed by atoms with Crippen LogP contribution in [0.1, 0.15) is 19.7 Å². The van der Waals surface area contributed by atoms with Crippen molar-refractivity contribution in [2.24, 2.45) is 0 Å². The van der Waals surface area contributed by atoms with Crippen LogP contribution in [-0.2, 0) is 6.42 Å². The monoisotopic (exact) mass is 208 g/mol. The van der Waals surface area contributed by atoms with Crippen molar-refractivity contribution < 1.29 is 58.2 Å². The molecule has 0 bridgehead atoms. The third kappa shape index (κ3) is 2.49.